The van der Waals surface area contributed by atoms with Gasteiger partial charge in [-0.15, -0.1) is 0 Å². The van der Waals surface area contributed by atoms with E-state index in [1.165, 1.54) is 0 Å². The lowest BCUT2D eigenvalue weighted by atomic mass is 10.1. The number of carbonyl (C=O) groups excluding carboxylic acids is 5. The van der Waals surface area contributed by atoms with Crippen molar-refractivity contribution in [2.75, 3.05) is 13.1 Å². The summed E-state index contributed by atoms with van der Waals surface area (Å²) in [6.45, 7) is 4.72. The molecule has 0 spiro atoms. The molecule has 0 saturated carbocycles. The Balaban J connectivity index is 1.52. The minimum absolute atomic E-state index is 0.0483. The molecule has 2 atom stereocenters. The first-order valence-electron chi connectivity index (χ1n) is 16.6. The zero-order valence-corrected chi connectivity index (χ0v) is 28.1. The second-order valence-corrected chi connectivity index (χ2v) is 11.8. The minimum atomic E-state index is -0.899. The number of hydrogen-bond donors (Lipinski definition) is 7. The predicted octanol–water partition coefficient (Wildman–Crippen LogP) is 2.95. The Bertz CT molecular complexity index is 1580. The van der Waals surface area contributed by atoms with E-state index in [9.17, 15) is 24.0 Å². The molecule has 0 saturated heterocycles. The van der Waals surface area contributed by atoms with Gasteiger partial charge in [0.25, 0.3) is 11.8 Å². The van der Waals surface area contributed by atoms with E-state index in [0.717, 1.165) is 24.0 Å². The lowest BCUT2D eigenvalue weighted by Gasteiger charge is -2.21. The molecule has 0 aliphatic heterocycles. The van der Waals surface area contributed by atoms with Crippen LogP contribution in [0.25, 0.3) is 0 Å². The summed E-state index contributed by atoms with van der Waals surface area (Å²) < 4.78 is 0. The third-order valence-corrected chi connectivity index (χ3v) is 7.75. The fraction of sp³-hybridized carbons (Fsp3) is 0.351. The van der Waals surface area contributed by atoms with Gasteiger partial charge in [0.15, 0.2) is 0 Å². The van der Waals surface area contributed by atoms with Crippen molar-refractivity contribution in [1.82, 2.24) is 26.6 Å². The minimum Gasteiger partial charge on any atom is -0.384 e. The average molecular weight is 670 g/mol. The number of nitrogen functional groups attached to an aromatic ring is 1. The molecule has 0 aromatic heterocycles. The van der Waals surface area contributed by atoms with Gasteiger partial charge in [0, 0.05) is 36.3 Å². The second-order valence-electron chi connectivity index (χ2n) is 11.8. The molecule has 0 aliphatic carbocycles. The zero-order valence-electron chi connectivity index (χ0n) is 28.1. The van der Waals surface area contributed by atoms with Gasteiger partial charge in [-0.2, -0.15) is 0 Å². The summed E-state index contributed by atoms with van der Waals surface area (Å²) in [7, 11) is 0. The number of nitrogens with one attached hydrogen (secondary N) is 6. The summed E-state index contributed by atoms with van der Waals surface area (Å²) in [5, 5.41) is 21.5. The Hall–Kier alpha value is -5.52. The van der Waals surface area contributed by atoms with E-state index in [1.54, 1.807) is 55.5 Å². The third kappa shape index (κ3) is 13.3. The van der Waals surface area contributed by atoms with E-state index in [-0.39, 0.29) is 42.9 Å². The first-order chi connectivity index (χ1) is 23.6. The number of rotatable bonds is 19. The topological polar surface area (TPSA) is 195 Å². The monoisotopic (exact) mass is 669 g/mol. The molecule has 0 bridgehead atoms. The standard InChI is InChI=1S/C37H47N7O5/c1-3-4-20-40-35(47)29-13-10-14-30(23-29)36(48)41-21-9-8-15-31(44-32(45)22-26-11-6-5-7-12-26)37(49)43-25(2)34(46)42-24-27-16-18-28(19-17-27)33(38)39/h5-7,10-14,16-19,23,25,31H,3-4,8-9,15,20-22,24H2,1-2H3,(H3,38,39)(H,40,47)(H,41,48)(H,42,46)(H,43,49)(H,44,45). The van der Waals surface area contributed by atoms with Crippen LogP contribution in [0.2, 0.25) is 0 Å². The maximum Gasteiger partial charge on any atom is 0.251 e. The Morgan fingerprint density at radius 2 is 1.33 bits per heavy atom. The number of hydrogen-bond acceptors (Lipinski definition) is 6. The molecule has 0 aliphatic rings. The quantitative estimate of drug-likeness (QED) is 0.0582. The Labute approximate surface area is 287 Å². The number of unbranched alkanes of at least 4 members (excludes halogenated alkanes) is 2. The summed E-state index contributed by atoms with van der Waals surface area (Å²) in [4.78, 5) is 64.1. The van der Waals surface area contributed by atoms with E-state index in [0.29, 0.717) is 42.6 Å². The van der Waals surface area contributed by atoms with E-state index in [4.69, 9.17) is 11.1 Å². The van der Waals surface area contributed by atoms with Crippen molar-refractivity contribution < 1.29 is 24.0 Å². The van der Waals surface area contributed by atoms with Crippen molar-refractivity contribution in [2.24, 2.45) is 5.73 Å². The molecule has 3 rings (SSSR count). The van der Waals surface area contributed by atoms with Crippen LogP contribution in [0.1, 0.15) is 83.4 Å². The van der Waals surface area contributed by atoms with Crippen LogP contribution >= 0.6 is 0 Å². The summed E-state index contributed by atoms with van der Waals surface area (Å²) >= 11 is 0. The number of amides is 5. The van der Waals surface area contributed by atoms with E-state index in [1.807, 2.05) is 37.3 Å². The molecular weight excluding hydrogens is 622 g/mol. The summed E-state index contributed by atoms with van der Waals surface area (Å²) in [6.07, 6.45) is 3.24. The second kappa shape index (κ2) is 20.0. The van der Waals surface area contributed by atoms with Crippen LogP contribution in [0.4, 0.5) is 0 Å². The number of nitrogens with two attached hydrogens (primary N) is 1. The normalized spacial score (nSPS) is 11.8. The molecule has 2 unspecified atom stereocenters. The SMILES string of the molecule is CCCCNC(=O)c1cccc(C(=O)NCCCCC(NC(=O)Cc2ccccc2)C(=O)NC(C)C(=O)NCc2ccc(C(=N)N)cc2)c1. The molecule has 0 fully saturated rings. The van der Waals surface area contributed by atoms with Gasteiger partial charge < -0.3 is 32.3 Å². The highest BCUT2D eigenvalue weighted by Gasteiger charge is 2.24. The molecule has 49 heavy (non-hydrogen) atoms. The van der Waals surface area contributed by atoms with Crippen molar-refractivity contribution >= 4 is 35.4 Å². The highest BCUT2D eigenvalue weighted by atomic mass is 16.2. The zero-order chi connectivity index (χ0) is 35.6. The van der Waals surface area contributed by atoms with Gasteiger partial charge >= 0.3 is 0 Å². The molecule has 0 radical (unpaired) electrons. The number of carbonyl (C=O) groups is 5. The predicted molar refractivity (Wildman–Crippen MR) is 189 cm³/mol. The highest BCUT2D eigenvalue weighted by Crippen LogP contribution is 2.08. The fourth-order valence-corrected chi connectivity index (χ4v) is 4.88. The molecule has 5 amide bonds. The maximum atomic E-state index is 13.3. The molecule has 12 nitrogen and oxygen atoms in total. The average Bonchev–Trinajstić information content (AvgIpc) is 3.10. The lowest BCUT2D eigenvalue weighted by Crippen LogP contribution is -2.52. The van der Waals surface area contributed by atoms with Gasteiger partial charge in [-0.1, -0.05) is 74.0 Å². The largest absolute Gasteiger partial charge is 0.384 e. The van der Waals surface area contributed by atoms with E-state index >= 15 is 0 Å². The van der Waals surface area contributed by atoms with Gasteiger partial charge in [0.1, 0.15) is 17.9 Å². The Morgan fingerprint density at radius 1 is 0.694 bits per heavy atom. The van der Waals surface area contributed by atoms with Crippen molar-refractivity contribution in [3.05, 3.63) is 107 Å². The lowest BCUT2D eigenvalue weighted by molar-refractivity contribution is -0.131. The fourth-order valence-electron chi connectivity index (χ4n) is 4.88. The van der Waals surface area contributed by atoms with E-state index < -0.39 is 23.9 Å². The van der Waals surface area contributed by atoms with Crippen molar-refractivity contribution in [3.8, 4) is 0 Å². The molecule has 0 heterocycles. The summed E-state index contributed by atoms with van der Waals surface area (Å²) in [5.41, 5.74) is 8.45. The Kier molecular flexibility index (Phi) is 15.5. The van der Waals surface area contributed by atoms with Crippen LogP contribution in [-0.2, 0) is 27.3 Å². The molecule has 8 N–H and O–H groups in total. The van der Waals surface area contributed by atoms with Gasteiger partial charge in [0.2, 0.25) is 17.7 Å². The molecule has 3 aromatic carbocycles. The smallest absolute Gasteiger partial charge is 0.251 e. The van der Waals surface area contributed by atoms with Gasteiger partial charge in [-0.3, -0.25) is 29.4 Å². The van der Waals surface area contributed by atoms with Crippen LogP contribution < -0.4 is 32.3 Å². The Morgan fingerprint density at radius 3 is 1.94 bits per heavy atom. The molecule has 3 aromatic rings. The first-order valence-corrected chi connectivity index (χ1v) is 16.6. The van der Waals surface area contributed by atoms with E-state index in [2.05, 4.69) is 26.6 Å². The summed E-state index contributed by atoms with van der Waals surface area (Å²) in [6, 6.07) is 20.8. The number of amidine groups is 1. The van der Waals surface area contributed by atoms with Crippen LogP contribution in [-0.4, -0.2) is 60.5 Å². The van der Waals surface area contributed by atoms with Gasteiger partial charge in [-0.05, 0) is 61.9 Å². The van der Waals surface area contributed by atoms with Gasteiger partial charge in [-0.25, -0.2) is 0 Å². The highest BCUT2D eigenvalue weighted by molar-refractivity contribution is 5.99. The third-order valence-electron chi connectivity index (χ3n) is 7.75. The number of benzene rings is 3. The molecular formula is C37H47N7O5. The maximum absolute atomic E-state index is 13.3. The molecule has 260 valence electrons. The van der Waals surface area contributed by atoms with Crippen molar-refractivity contribution in [3.63, 3.8) is 0 Å². The van der Waals surface area contributed by atoms with Gasteiger partial charge in [0.05, 0.1) is 6.42 Å². The first kappa shape index (κ1) is 37.9. The summed E-state index contributed by atoms with van der Waals surface area (Å²) in [5.74, 6) is -1.81. The van der Waals surface area contributed by atoms with Crippen LogP contribution in [0.3, 0.4) is 0 Å². The van der Waals surface area contributed by atoms with Crippen LogP contribution in [0, 0.1) is 5.41 Å². The van der Waals surface area contributed by atoms with Crippen molar-refractivity contribution in [2.45, 2.75) is 71.0 Å². The van der Waals surface area contributed by atoms with Crippen LogP contribution in [0.15, 0.2) is 78.9 Å². The van der Waals surface area contributed by atoms with Crippen LogP contribution in [0.5, 0.6) is 0 Å². The van der Waals surface area contributed by atoms with Crippen molar-refractivity contribution in [1.29, 1.82) is 5.41 Å². The molecule has 12 heteroatoms.